The van der Waals surface area contributed by atoms with Crippen LogP contribution in [0.25, 0.3) is 0 Å². The topological polar surface area (TPSA) is 27.7 Å². The van der Waals surface area contributed by atoms with Crippen molar-refractivity contribution < 1.29 is 14.2 Å². The van der Waals surface area contributed by atoms with E-state index in [1.54, 1.807) is 0 Å². The molecule has 74 valence electrons. The molecule has 2 rings (SSSR count). The van der Waals surface area contributed by atoms with Crippen molar-refractivity contribution in [2.45, 2.75) is 31.7 Å². The lowest BCUT2D eigenvalue weighted by Crippen LogP contribution is -2.38. The van der Waals surface area contributed by atoms with Crippen molar-refractivity contribution in [2.24, 2.45) is 0 Å². The van der Waals surface area contributed by atoms with Gasteiger partial charge in [-0.1, -0.05) is 18.6 Å². The number of rotatable bonds is 0. The van der Waals surface area contributed by atoms with Gasteiger partial charge in [-0.05, 0) is 12.8 Å². The van der Waals surface area contributed by atoms with E-state index in [9.17, 15) is 0 Å². The zero-order chi connectivity index (χ0) is 8.99. The third-order valence-corrected chi connectivity index (χ3v) is 2.41. The average Bonchev–Trinajstić information content (AvgIpc) is 2.50. The number of ether oxygens (including phenoxy) is 3. The molecule has 13 heavy (non-hydrogen) atoms. The maximum absolute atomic E-state index is 5.63. The lowest BCUT2D eigenvalue weighted by molar-refractivity contribution is -0.371. The van der Waals surface area contributed by atoms with Crippen LogP contribution in [0.2, 0.25) is 0 Å². The molecule has 2 aliphatic heterocycles. The Kier molecular flexibility index (Phi) is 2.98. The molecule has 0 unspecified atom stereocenters. The second-order valence-corrected chi connectivity index (χ2v) is 3.44. The molecule has 0 aromatic rings. The molecule has 0 aromatic carbocycles. The van der Waals surface area contributed by atoms with Crippen LogP contribution in [0, 0.1) is 0 Å². The van der Waals surface area contributed by atoms with Gasteiger partial charge in [0.2, 0.25) is 0 Å². The molecule has 0 amide bonds. The summed E-state index contributed by atoms with van der Waals surface area (Å²) in [6.45, 7) is 1.94. The molecule has 3 nitrogen and oxygen atoms in total. The van der Waals surface area contributed by atoms with Crippen molar-refractivity contribution in [1.82, 2.24) is 0 Å². The largest absolute Gasteiger partial charge is 0.327 e. The second kappa shape index (κ2) is 4.22. The van der Waals surface area contributed by atoms with E-state index in [0.717, 1.165) is 25.9 Å². The molecule has 2 heterocycles. The molecular weight excluding hydrogens is 168 g/mol. The van der Waals surface area contributed by atoms with Crippen LogP contribution in [-0.2, 0) is 14.2 Å². The van der Waals surface area contributed by atoms with Crippen molar-refractivity contribution in [3.63, 3.8) is 0 Å². The molecule has 0 saturated carbocycles. The van der Waals surface area contributed by atoms with Gasteiger partial charge in [-0.15, -0.1) is 0 Å². The molecule has 1 spiro atoms. The first kappa shape index (κ1) is 9.19. The first-order chi connectivity index (χ1) is 6.41. The summed E-state index contributed by atoms with van der Waals surface area (Å²) in [6, 6.07) is 0. The van der Waals surface area contributed by atoms with Crippen LogP contribution in [0.5, 0.6) is 0 Å². The maximum atomic E-state index is 5.63. The van der Waals surface area contributed by atoms with Crippen molar-refractivity contribution in [2.75, 3.05) is 19.8 Å². The highest BCUT2D eigenvalue weighted by Gasteiger charge is 2.34. The third-order valence-electron chi connectivity index (χ3n) is 2.41. The monoisotopic (exact) mass is 184 g/mol. The van der Waals surface area contributed by atoms with E-state index in [4.69, 9.17) is 14.2 Å². The molecule has 0 aliphatic carbocycles. The van der Waals surface area contributed by atoms with Gasteiger partial charge in [-0.25, -0.2) is 0 Å². The van der Waals surface area contributed by atoms with E-state index in [1.165, 1.54) is 6.42 Å². The molecule has 0 atom stereocenters. The van der Waals surface area contributed by atoms with Crippen LogP contribution in [0.1, 0.15) is 25.7 Å². The minimum atomic E-state index is -0.736. The quantitative estimate of drug-likeness (QED) is 0.537. The SMILES string of the molecule is C1=CCOC2(CCCCCO2)OC1. The van der Waals surface area contributed by atoms with Crippen molar-refractivity contribution in [3.8, 4) is 0 Å². The molecule has 0 N–H and O–H groups in total. The van der Waals surface area contributed by atoms with Crippen molar-refractivity contribution in [3.05, 3.63) is 12.2 Å². The summed E-state index contributed by atoms with van der Waals surface area (Å²) in [5.74, 6) is -0.736. The van der Waals surface area contributed by atoms with Gasteiger partial charge in [0.1, 0.15) is 0 Å². The molecule has 3 heteroatoms. The van der Waals surface area contributed by atoms with Gasteiger partial charge >= 0.3 is 0 Å². The van der Waals surface area contributed by atoms with Gasteiger partial charge in [0.15, 0.2) is 0 Å². The first-order valence-electron chi connectivity index (χ1n) is 4.98. The van der Waals surface area contributed by atoms with Crippen molar-refractivity contribution in [1.29, 1.82) is 0 Å². The Bertz CT molecular complexity index is 169. The Hall–Kier alpha value is -0.380. The van der Waals surface area contributed by atoms with E-state index in [-0.39, 0.29) is 0 Å². The molecular formula is C10H16O3. The van der Waals surface area contributed by atoms with E-state index in [2.05, 4.69) is 0 Å². The maximum Gasteiger partial charge on any atom is 0.283 e. The Morgan fingerprint density at radius 3 is 2.38 bits per heavy atom. The molecule has 1 saturated heterocycles. The fourth-order valence-electron chi connectivity index (χ4n) is 1.68. The highest BCUT2D eigenvalue weighted by Crippen LogP contribution is 2.27. The molecule has 0 aromatic heterocycles. The molecule has 1 fully saturated rings. The summed E-state index contributed by atoms with van der Waals surface area (Å²) in [4.78, 5) is 0. The number of hydrogen-bond donors (Lipinski definition) is 0. The molecule has 0 radical (unpaired) electrons. The van der Waals surface area contributed by atoms with Gasteiger partial charge in [0, 0.05) is 6.42 Å². The van der Waals surface area contributed by atoms with Gasteiger partial charge in [0.05, 0.1) is 19.8 Å². The van der Waals surface area contributed by atoms with E-state index in [1.807, 2.05) is 12.2 Å². The standard InChI is InChI=1S/C10H16O3/c1-2-6-10(11-7-3-1)12-8-4-5-9-13-10/h4-5H,1-3,6-9H2. The summed E-state index contributed by atoms with van der Waals surface area (Å²) in [6.07, 6.45) is 8.25. The van der Waals surface area contributed by atoms with Crippen LogP contribution in [0.4, 0.5) is 0 Å². The Labute approximate surface area is 78.7 Å². The lowest BCUT2D eigenvalue weighted by atomic mass is 10.2. The zero-order valence-electron chi connectivity index (χ0n) is 7.83. The summed E-state index contributed by atoms with van der Waals surface area (Å²) >= 11 is 0. The first-order valence-corrected chi connectivity index (χ1v) is 4.98. The van der Waals surface area contributed by atoms with Crippen LogP contribution in [0.3, 0.4) is 0 Å². The van der Waals surface area contributed by atoms with E-state index in [0.29, 0.717) is 13.2 Å². The Morgan fingerprint density at radius 2 is 1.62 bits per heavy atom. The lowest BCUT2D eigenvalue weighted by Gasteiger charge is -2.30. The fraction of sp³-hybridized carbons (Fsp3) is 0.800. The van der Waals surface area contributed by atoms with Crippen LogP contribution in [0.15, 0.2) is 12.2 Å². The predicted molar refractivity (Wildman–Crippen MR) is 48.2 cm³/mol. The van der Waals surface area contributed by atoms with Crippen LogP contribution < -0.4 is 0 Å². The highest BCUT2D eigenvalue weighted by atomic mass is 16.9. The Morgan fingerprint density at radius 1 is 0.846 bits per heavy atom. The average molecular weight is 184 g/mol. The molecule has 0 bridgehead atoms. The van der Waals surface area contributed by atoms with E-state index >= 15 is 0 Å². The highest BCUT2D eigenvalue weighted by molar-refractivity contribution is 4.85. The minimum Gasteiger partial charge on any atom is -0.327 e. The summed E-state index contributed by atoms with van der Waals surface area (Å²) in [5.41, 5.74) is 0. The summed E-state index contributed by atoms with van der Waals surface area (Å²) < 4.78 is 16.8. The van der Waals surface area contributed by atoms with Crippen LogP contribution in [-0.4, -0.2) is 25.8 Å². The summed E-state index contributed by atoms with van der Waals surface area (Å²) in [7, 11) is 0. The van der Waals surface area contributed by atoms with Gasteiger partial charge in [-0.2, -0.15) is 0 Å². The third kappa shape index (κ3) is 2.30. The Balaban J connectivity index is 1.99. The van der Waals surface area contributed by atoms with Gasteiger partial charge in [-0.3, -0.25) is 0 Å². The summed E-state index contributed by atoms with van der Waals surface area (Å²) in [5, 5.41) is 0. The predicted octanol–water partition coefficient (Wildman–Crippen LogP) is 1.83. The van der Waals surface area contributed by atoms with Crippen LogP contribution >= 0.6 is 0 Å². The van der Waals surface area contributed by atoms with Gasteiger partial charge in [0.25, 0.3) is 5.97 Å². The smallest absolute Gasteiger partial charge is 0.283 e. The zero-order valence-corrected chi connectivity index (χ0v) is 7.83. The minimum absolute atomic E-state index is 0.597. The molecule has 2 aliphatic rings. The fourth-order valence-corrected chi connectivity index (χ4v) is 1.68. The number of hydrogen-bond acceptors (Lipinski definition) is 3. The van der Waals surface area contributed by atoms with Crippen molar-refractivity contribution >= 4 is 0 Å². The second-order valence-electron chi connectivity index (χ2n) is 3.44. The van der Waals surface area contributed by atoms with Gasteiger partial charge < -0.3 is 14.2 Å². The van der Waals surface area contributed by atoms with E-state index < -0.39 is 5.97 Å². The normalized spacial score (nSPS) is 28.3.